The van der Waals surface area contributed by atoms with E-state index in [-0.39, 0.29) is 6.04 Å². The first-order valence-corrected chi connectivity index (χ1v) is 5.24. The molecule has 1 N–H and O–H groups in total. The van der Waals surface area contributed by atoms with Gasteiger partial charge in [-0.3, -0.25) is 9.67 Å². The Morgan fingerprint density at radius 2 is 2.25 bits per heavy atom. The van der Waals surface area contributed by atoms with Gasteiger partial charge in [0.2, 0.25) is 0 Å². The first-order valence-electron chi connectivity index (χ1n) is 5.24. The van der Waals surface area contributed by atoms with E-state index < -0.39 is 0 Å². The van der Waals surface area contributed by atoms with Gasteiger partial charge in [0.1, 0.15) is 12.2 Å². The molecule has 0 aliphatic heterocycles. The SMILES string of the molecule is C[C@@H](NCc1ncnn1C)c1ccccn1. The maximum absolute atomic E-state index is 4.30. The molecule has 0 spiro atoms. The number of pyridine rings is 1. The van der Waals surface area contributed by atoms with Gasteiger partial charge in [0, 0.05) is 19.3 Å². The van der Waals surface area contributed by atoms with Crippen molar-refractivity contribution in [2.24, 2.45) is 7.05 Å². The largest absolute Gasteiger partial charge is 0.302 e. The molecule has 16 heavy (non-hydrogen) atoms. The Kier molecular flexibility index (Phi) is 3.26. The fourth-order valence-electron chi connectivity index (χ4n) is 1.46. The number of rotatable bonds is 4. The van der Waals surface area contributed by atoms with Crippen molar-refractivity contribution in [1.29, 1.82) is 0 Å². The van der Waals surface area contributed by atoms with Gasteiger partial charge in [0.05, 0.1) is 12.2 Å². The topological polar surface area (TPSA) is 55.6 Å². The average molecular weight is 217 g/mol. The standard InChI is InChI=1S/C11H15N5/c1-9(10-5-3-4-6-12-10)13-7-11-14-8-15-16(11)2/h3-6,8-9,13H,7H2,1-2H3/t9-/m1/s1. The Balaban J connectivity index is 1.94. The fraction of sp³-hybridized carbons (Fsp3) is 0.364. The molecule has 0 aliphatic carbocycles. The molecular formula is C11H15N5. The molecule has 2 rings (SSSR count). The second-order valence-electron chi connectivity index (χ2n) is 3.66. The fourth-order valence-corrected chi connectivity index (χ4v) is 1.46. The van der Waals surface area contributed by atoms with Crippen molar-refractivity contribution < 1.29 is 0 Å². The highest BCUT2D eigenvalue weighted by Gasteiger charge is 2.07. The van der Waals surface area contributed by atoms with Gasteiger partial charge < -0.3 is 5.32 Å². The van der Waals surface area contributed by atoms with Crippen LogP contribution in [0.1, 0.15) is 24.5 Å². The third-order valence-electron chi connectivity index (χ3n) is 2.50. The zero-order valence-corrected chi connectivity index (χ0v) is 9.46. The van der Waals surface area contributed by atoms with Crippen molar-refractivity contribution in [2.75, 3.05) is 0 Å². The zero-order valence-electron chi connectivity index (χ0n) is 9.46. The van der Waals surface area contributed by atoms with Gasteiger partial charge >= 0.3 is 0 Å². The van der Waals surface area contributed by atoms with Crippen molar-refractivity contribution in [3.8, 4) is 0 Å². The van der Waals surface area contributed by atoms with Crippen LogP contribution < -0.4 is 5.32 Å². The van der Waals surface area contributed by atoms with E-state index in [4.69, 9.17) is 0 Å². The van der Waals surface area contributed by atoms with Crippen LogP contribution in [0.2, 0.25) is 0 Å². The Labute approximate surface area is 94.5 Å². The molecule has 84 valence electrons. The van der Waals surface area contributed by atoms with Crippen LogP contribution in [0, 0.1) is 0 Å². The van der Waals surface area contributed by atoms with Crippen LogP contribution in [-0.4, -0.2) is 19.7 Å². The summed E-state index contributed by atoms with van der Waals surface area (Å²) in [5.41, 5.74) is 1.03. The van der Waals surface area contributed by atoms with E-state index in [0.29, 0.717) is 6.54 Å². The first kappa shape index (κ1) is 10.8. The lowest BCUT2D eigenvalue weighted by Gasteiger charge is -2.12. The predicted molar refractivity (Wildman–Crippen MR) is 60.5 cm³/mol. The monoisotopic (exact) mass is 217 g/mol. The van der Waals surface area contributed by atoms with Crippen LogP contribution in [0.5, 0.6) is 0 Å². The van der Waals surface area contributed by atoms with Crippen molar-refractivity contribution >= 4 is 0 Å². The summed E-state index contributed by atoms with van der Waals surface area (Å²) < 4.78 is 1.76. The molecule has 2 aromatic rings. The summed E-state index contributed by atoms with van der Waals surface area (Å²) in [5, 5.41) is 7.37. The average Bonchev–Trinajstić information content (AvgIpc) is 2.73. The Bertz CT molecular complexity index is 437. The number of aromatic nitrogens is 4. The number of hydrogen-bond donors (Lipinski definition) is 1. The van der Waals surface area contributed by atoms with Gasteiger partial charge in [-0.2, -0.15) is 5.10 Å². The van der Waals surface area contributed by atoms with Gasteiger partial charge in [0.25, 0.3) is 0 Å². The van der Waals surface area contributed by atoms with Gasteiger partial charge in [-0.15, -0.1) is 0 Å². The Hall–Kier alpha value is -1.75. The lowest BCUT2D eigenvalue weighted by atomic mass is 10.2. The normalized spacial score (nSPS) is 12.6. The molecule has 0 aromatic carbocycles. The highest BCUT2D eigenvalue weighted by Crippen LogP contribution is 2.08. The molecule has 0 bridgehead atoms. The van der Waals surface area contributed by atoms with E-state index in [1.54, 1.807) is 17.2 Å². The van der Waals surface area contributed by atoms with Gasteiger partial charge in [-0.05, 0) is 19.1 Å². The molecule has 5 nitrogen and oxygen atoms in total. The molecule has 0 unspecified atom stereocenters. The highest BCUT2D eigenvalue weighted by atomic mass is 15.3. The summed E-state index contributed by atoms with van der Waals surface area (Å²) in [4.78, 5) is 8.45. The lowest BCUT2D eigenvalue weighted by molar-refractivity contribution is 0.531. The van der Waals surface area contributed by atoms with E-state index >= 15 is 0 Å². The second kappa shape index (κ2) is 4.85. The molecule has 0 saturated carbocycles. The van der Waals surface area contributed by atoms with E-state index in [2.05, 4.69) is 27.3 Å². The number of aryl methyl sites for hydroxylation is 1. The van der Waals surface area contributed by atoms with Gasteiger partial charge in [-0.25, -0.2) is 4.98 Å². The van der Waals surface area contributed by atoms with Crippen LogP contribution in [0.25, 0.3) is 0 Å². The zero-order chi connectivity index (χ0) is 11.4. The van der Waals surface area contributed by atoms with Gasteiger partial charge in [-0.1, -0.05) is 6.07 Å². The Morgan fingerprint density at radius 1 is 1.38 bits per heavy atom. The lowest BCUT2D eigenvalue weighted by Crippen LogP contribution is -2.21. The second-order valence-corrected chi connectivity index (χ2v) is 3.66. The number of hydrogen-bond acceptors (Lipinski definition) is 4. The van der Waals surface area contributed by atoms with E-state index in [1.165, 1.54) is 0 Å². The molecule has 0 fully saturated rings. The summed E-state index contributed by atoms with van der Waals surface area (Å²) in [6, 6.07) is 6.12. The molecule has 5 heteroatoms. The highest BCUT2D eigenvalue weighted by molar-refractivity contribution is 5.07. The molecular weight excluding hydrogens is 202 g/mol. The maximum atomic E-state index is 4.30. The summed E-state index contributed by atoms with van der Waals surface area (Å²) in [6.45, 7) is 2.77. The summed E-state index contributed by atoms with van der Waals surface area (Å²) >= 11 is 0. The molecule has 1 atom stereocenters. The van der Waals surface area contributed by atoms with Crippen molar-refractivity contribution in [2.45, 2.75) is 19.5 Å². The van der Waals surface area contributed by atoms with Crippen molar-refractivity contribution in [1.82, 2.24) is 25.1 Å². The first-order chi connectivity index (χ1) is 7.77. The third kappa shape index (κ3) is 2.43. The number of nitrogens with one attached hydrogen (secondary N) is 1. The molecule has 0 saturated heterocycles. The summed E-state index contributed by atoms with van der Waals surface area (Å²) in [5.74, 6) is 0.919. The minimum atomic E-state index is 0.206. The maximum Gasteiger partial charge on any atom is 0.140 e. The minimum absolute atomic E-state index is 0.206. The van der Waals surface area contributed by atoms with E-state index in [1.807, 2.05) is 25.2 Å². The summed E-state index contributed by atoms with van der Waals surface area (Å²) in [7, 11) is 1.88. The third-order valence-corrected chi connectivity index (χ3v) is 2.50. The molecule has 2 aromatic heterocycles. The Morgan fingerprint density at radius 3 is 2.88 bits per heavy atom. The summed E-state index contributed by atoms with van der Waals surface area (Å²) in [6.07, 6.45) is 3.36. The van der Waals surface area contributed by atoms with Crippen LogP contribution >= 0.6 is 0 Å². The molecule has 2 heterocycles. The van der Waals surface area contributed by atoms with Crippen LogP contribution in [0.15, 0.2) is 30.7 Å². The van der Waals surface area contributed by atoms with Gasteiger partial charge in [0.15, 0.2) is 0 Å². The van der Waals surface area contributed by atoms with E-state index in [9.17, 15) is 0 Å². The van der Waals surface area contributed by atoms with Crippen LogP contribution in [-0.2, 0) is 13.6 Å². The van der Waals surface area contributed by atoms with Crippen LogP contribution in [0.3, 0.4) is 0 Å². The van der Waals surface area contributed by atoms with Crippen molar-refractivity contribution in [3.05, 3.63) is 42.2 Å². The molecule has 0 radical (unpaired) electrons. The van der Waals surface area contributed by atoms with Crippen LogP contribution in [0.4, 0.5) is 0 Å². The predicted octanol–water partition coefficient (Wildman–Crippen LogP) is 1.06. The van der Waals surface area contributed by atoms with E-state index in [0.717, 1.165) is 11.5 Å². The van der Waals surface area contributed by atoms with Crippen molar-refractivity contribution in [3.63, 3.8) is 0 Å². The quantitative estimate of drug-likeness (QED) is 0.832. The smallest absolute Gasteiger partial charge is 0.140 e. The number of nitrogens with zero attached hydrogens (tertiary/aromatic N) is 4. The molecule has 0 amide bonds. The molecule has 0 aliphatic rings. The minimum Gasteiger partial charge on any atom is -0.302 e.